The molecule has 3 N–H and O–H groups in total. The van der Waals surface area contributed by atoms with Gasteiger partial charge >= 0.3 is 6.09 Å². The summed E-state index contributed by atoms with van der Waals surface area (Å²) in [7, 11) is 0. The summed E-state index contributed by atoms with van der Waals surface area (Å²) < 4.78 is 4.90. The molecule has 0 spiro atoms. The Morgan fingerprint density at radius 2 is 1.85 bits per heavy atom. The van der Waals surface area contributed by atoms with E-state index in [2.05, 4.69) is 5.32 Å². The van der Waals surface area contributed by atoms with Gasteiger partial charge in [-0.2, -0.15) is 0 Å². The van der Waals surface area contributed by atoms with Crippen molar-refractivity contribution in [2.45, 2.75) is 39.3 Å². The number of nitrogens with two attached hydrogens (primary N) is 1. The van der Waals surface area contributed by atoms with Gasteiger partial charge in [-0.25, -0.2) is 4.79 Å². The van der Waals surface area contributed by atoms with E-state index in [1.807, 2.05) is 0 Å². The van der Waals surface area contributed by atoms with Crippen LogP contribution in [0.5, 0.6) is 0 Å². The molecule has 13 heavy (non-hydrogen) atoms. The fourth-order valence-electron chi connectivity index (χ4n) is 0.555. The number of alkyl carbamates (subject to hydrolysis) is 1. The van der Waals surface area contributed by atoms with Crippen LogP contribution in [0.25, 0.3) is 0 Å². The molecule has 0 saturated carbocycles. The highest BCUT2D eigenvalue weighted by Gasteiger charge is 2.19. The van der Waals surface area contributed by atoms with E-state index < -0.39 is 23.6 Å². The number of nitrogens with one attached hydrogen (secondary N) is 1. The van der Waals surface area contributed by atoms with Crippen LogP contribution in [0.3, 0.4) is 0 Å². The van der Waals surface area contributed by atoms with E-state index in [1.165, 1.54) is 6.92 Å². The minimum absolute atomic E-state index is 0.568. The predicted octanol–water partition coefficient (Wildman–Crippen LogP) is 0.385. The number of rotatable bonds is 2. The Labute approximate surface area is 77.6 Å². The molecule has 0 heterocycles. The number of hydrogen-bond donors (Lipinski definition) is 2. The topological polar surface area (TPSA) is 81.4 Å². The van der Waals surface area contributed by atoms with Crippen molar-refractivity contribution in [1.29, 1.82) is 0 Å². The number of ether oxygens (including phenoxy) is 1. The lowest BCUT2D eigenvalue weighted by Gasteiger charge is -2.20. The lowest BCUT2D eigenvalue weighted by atomic mass is 10.2. The van der Waals surface area contributed by atoms with Gasteiger partial charge < -0.3 is 15.8 Å². The number of primary amides is 1. The maximum absolute atomic E-state index is 11.0. The highest BCUT2D eigenvalue weighted by molar-refractivity contribution is 5.83. The monoisotopic (exact) mass is 188 g/mol. The molecule has 1 unspecified atom stereocenters. The van der Waals surface area contributed by atoms with Crippen molar-refractivity contribution in [2.75, 3.05) is 0 Å². The molecule has 1 atom stereocenters. The van der Waals surface area contributed by atoms with Crippen LogP contribution in [-0.4, -0.2) is 23.6 Å². The van der Waals surface area contributed by atoms with Crippen LogP contribution in [0.15, 0.2) is 0 Å². The SMILES string of the molecule is CC(NC(=O)OC(C)(C)C)C(N)=O. The van der Waals surface area contributed by atoms with Crippen molar-refractivity contribution in [3.8, 4) is 0 Å². The van der Waals surface area contributed by atoms with Gasteiger partial charge in [0.25, 0.3) is 0 Å². The van der Waals surface area contributed by atoms with E-state index in [1.54, 1.807) is 20.8 Å². The average molecular weight is 188 g/mol. The van der Waals surface area contributed by atoms with Gasteiger partial charge in [-0.05, 0) is 27.7 Å². The third-order valence-electron chi connectivity index (χ3n) is 1.16. The third-order valence-corrected chi connectivity index (χ3v) is 1.16. The zero-order valence-electron chi connectivity index (χ0n) is 8.38. The second kappa shape index (κ2) is 4.11. The summed E-state index contributed by atoms with van der Waals surface area (Å²) in [4.78, 5) is 21.6. The normalized spacial score (nSPS) is 13.2. The molecule has 5 heteroatoms. The van der Waals surface area contributed by atoms with E-state index in [4.69, 9.17) is 10.5 Å². The Balaban J connectivity index is 3.96. The minimum Gasteiger partial charge on any atom is -0.444 e. The summed E-state index contributed by atoms with van der Waals surface area (Å²) in [6, 6.07) is -0.713. The van der Waals surface area contributed by atoms with Crippen LogP contribution >= 0.6 is 0 Å². The first-order valence-electron chi connectivity index (χ1n) is 4.01. The Hall–Kier alpha value is -1.26. The standard InChI is InChI=1S/C8H16N2O3/c1-5(6(9)11)10-7(12)13-8(2,3)4/h5H,1-4H3,(H2,9,11)(H,10,12). The fraction of sp³-hybridized carbons (Fsp3) is 0.750. The second-order valence-electron chi connectivity index (χ2n) is 3.77. The summed E-state index contributed by atoms with van der Waals surface area (Å²) in [6.07, 6.45) is -0.640. The molecule has 0 radical (unpaired) electrons. The smallest absolute Gasteiger partial charge is 0.408 e. The first-order chi connectivity index (χ1) is 5.72. The molecule has 0 aliphatic heterocycles. The van der Waals surface area contributed by atoms with Gasteiger partial charge in [-0.1, -0.05) is 0 Å². The molecule has 2 amide bonds. The zero-order valence-corrected chi connectivity index (χ0v) is 8.38. The maximum Gasteiger partial charge on any atom is 0.408 e. The van der Waals surface area contributed by atoms with Gasteiger partial charge in [0.15, 0.2) is 0 Å². The summed E-state index contributed by atoms with van der Waals surface area (Å²) in [5.41, 5.74) is 4.37. The summed E-state index contributed by atoms with van der Waals surface area (Å²) in [5, 5.41) is 2.30. The highest BCUT2D eigenvalue weighted by Crippen LogP contribution is 2.06. The van der Waals surface area contributed by atoms with Gasteiger partial charge in [0, 0.05) is 0 Å². The molecule has 0 aromatic rings. The second-order valence-corrected chi connectivity index (χ2v) is 3.77. The van der Waals surface area contributed by atoms with Crippen LogP contribution < -0.4 is 11.1 Å². The molecule has 0 aliphatic carbocycles. The van der Waals surface area contributed by atoms with E-state index in [0.717, 1.165) is 0 Å². The van der Waals surface area contributed by atoms with Gasteiger partial charge in [0.2, 0.25) is 5.91 Å². The van der Waals surface area contributed by atoms with Crippen LogP contribution in [0.2, 0.25) is 0 Å². The van der Waals surface area contributed by atoms with Crippen LogP contribution in [0, 0.1) is 0 Å². The van der Waals surface area contributed by atoms with E-state index in [0.29, 0.717) is 0 Å². The molecule has 0 aromatic heterocycles. The largest absolute Gasteiger partial charge is 0.444 e. The molecule has 0 saturated heterocycles. The van der Waals surface area contributed by atoms with E-state index >= 15 is 0 Å². The van der Waals surface area contributed by atoms with Crippen LogP contribution in [-0.2, 0) is 9.53 Å². The first-order valence-corrected chi connectivity index (χ1v) is 4.01. The number of carbonyl (C=O) groups excluding carboxylic acids is 2. The predicted molar refractivity (Wildman–Crippen MR) is 48.0 cm³/mol. The van der Waals surface area contributed by atoms with Crippen molar-refractivity contribution in [2.24, 2.45) is 5.73 Å². The molecule has 0 aromatic carbocycles. The van der Waals surface area contributed by atoms with Crippen molar-refractivity contribution >= 4 is 12.0 Å². The third kappa shape index (κ3) is 5.95. The Morgan fingerprint density at radius 3 is 2.15 bits per heavy atom. The minimum atomic E-state index is -0.713. The van der Waals surface area contributed by atoms with Crippen molar-refractivity contribution in [3.05, 3.63) is 0 Å². The molecule has 76 valence electrons. The molecule has 0 fully saturated rings. The van der Waals surface area contributed by atoms with Crippen molar-refractivity contribution in [3.63, 3.8) is 0 Å². The lowest BCUT2D eigenvalue weighted by Crippen LogP contribution is -2.44. The van der Waals surface area contributed by atoms with E-state index in [-0.39, 0.29) is 0 Å². The first kappa shape index (κ1) is 11.7. The van der Waals surface area contributed by atoms with Gasteiger partial charge in [-0.15, -0.1) is 0 Å². The van der Waals surface area contributed by atoms with Crippen LogP contribution in [0.4, 0.5) is 4.79 Å². The fourth-order valence-corrected chi connectivity index (χ4v) is 0.555. The van der Waals surface area contributed by atoms with Crippen LogP contribution in [0.1, 0.15) is 27.7 Å². The van der Waals surface area contributed by atoms with Gasteiger partial charge in [0.05, 0.1) is 0 Å². The Kier molecular flexibility index (Phi) is 3.71. The molecule has 0 rings (SSSR count). The summed E-state index contributed by atoms with van der Waals surface area (Å²) in [5.74, 6) is -0.592. The van der Waals surface area contributed by atoms with Crippen molar-refractivity contribution in [1.82, 2.24) is 5.32 Å². The van der Waals surface area contributed by atoms with Gasteiger partial charge in [-0.3, -0.25) is 4.79 Å². The quantitative estimate of drug-likeness (QED) is 0.657. The molecule has 5 nitrogen and oxygen atoms in total. The highest BCUT2D eigenvalue weighted by atomic mass is 16.6. The number of carbonyl (C=O) groups is 2. The Morgan fingerprint density at radius 1 is 1.38 bits per heavy atom. The average Bonchev–Trinajstić information content (AvgIpc) is 1.81. The maximum atomic E-state index is 11.0. The number of amides is 2. The number of hydrogen-bond acceptors (Lipinski definition) is 3. The summed E-state index contributed by atoms with van der Waals surface area (Å²) in [6.45, 7) is 6.71. The van der Waals surface area contributed by atoms with Crippen molar-refractivity contribution < 1.29 is 14.3 Å². The van der Waals surface area contributed by atoms with E-state index in [9.17, 15) is 9.59 Å². The molecule has 0 bridgehead atoms. The lowest BCUT2D eigenvalue weighted by molar-refractivity contribution is -0.119. The van der Waals surface area contributed by atoms with Gasteiger partial charge in [0.1, 0.15) is 11.6 Å². The molecular weight excluding hydrogens is 172 g/mol. The summed E-state index contributed by atoms with van der Waals surface area (Å²) >= 11 is 0. The zero-order chi connectivity index (χ0) is 10.6. The molecule has 0 aliphatic rings. The molecular formula is C8H16N2O3. The Bertz CT molecular complexity index is 208.